The zero-order valence-corrected chi connectivity index (χ0v) is 15.4. The number of nitro groups is 1. The molecule has 2 heterocycles. The maximum atomic E-state index is 14.4. The number of benzene rings is 1. The van der Waals surface area contributed by atoms with Crippen molar-refractivity contribution >= 4 is 21.4 Å². The maximum absolute atomic E-state index is 14.4. The Kier molecular flexibility index (Phi) is 4.31. The van der Waals surface area contributed by atoms with Gasteiger partial charge in [0, 0.05) is 17.7 Å². The summed E-state index contributed by atoms with van der Waals surface area (Å²) >= 11 is 0. The minimum atomic E-state index is -3.77. The van der Waals surface area contributed by atoms with Crippen LogP contribution in [0.25, 0.3) is 0 Å². The molecule has 1 aromatic carbocycles. The molecule has 3 rings (SSSR count). The second kappa shape index (κ2) is 5.98. The average molecular weight is 384 g/mol. The fraction of sp³-hybridized carbons (Fsp3) is 0.562. The van der Waals surface area contributed by atoms with Crippen molar-refractivity contribution in [2.75, 3.05) is 25.9 Å². The highest BCUT2D eigenvalue weighted by atomic mass is 32.2. The number of likely N-dealkylation sites (tertiary alicyclic amines) is 1. The summed E-state index contributed by atoms with van der Waals surface area (Å²) in [4.78, 5) is 12.4. The van der Waals surface area contributed by atoms with Crippen LogP contribution in [-0.2, 0) is 15.4 Å². The van der Waals surface area contributed by atoms with Crippen LogP contribution >= 0.6 is 0 Å². The van der Waals surface area contributed by atoms with E-state index in [9.17, 15) is 22.9 Å². The molecule has 2 saturated heterocycles. The molecule has 0 aromatic heterocycles. The third-order valence-corrected chi connectivity index (χ3v) is 8.24. The number of sulfone groups is 1. The summed E-state index contributed by atoms with van der Waals surface area (Å²) in [5.41, 5.74) is -1.89. The standard InChI is InChI=1S/C16H21FN4O4S/c1-15(12-9-11(21(22)23)3-4-13(12)17)10-26(24,25)16(14(18)19-15)5-7-20(2)8-6-16/h3-4,9H,5-8,10H2,1-2H3,(H2,18,19)/t15-/m0/s1. The van der Waals surface area contributed by atoms with Crippen molar-refractivity contribution in [1.82, 2.24) is 10.2 Å². The highest BCUT2D eigenvalue weighted by Gasteiger charge is 2.57. The van der Waals surface area contributed by atoms with Crippen molar-refractivity contribution in [3.05, 3.63) is 39.7 Å². The van der Waals surface area contributed by atoms with Gasteiger partial charge in [0.05, 0.1) is 16.2 Å². The molecule has 10 heteroatoms. The molecule has 0 bridgehead atoms. The molecule has 2 aliphatic rings. The summed E-state index contributed by atoms with van der Waals surface area (Å²) in [6.07, 6.45) is 0.594. The second-order valence-electron chi connectivity index (χ2n) is 7.31. The van der Waals surface area contributed by atoms with Crippen LogP contribution in [0.15, 0.2) is 18.2 Å². The molecule has 0 aliphatic carbocycles. The van der Waals surface area contributed by atoms with Gasteiger partial charge in [-0.2, -0.15) is 0 Å². The minimum absolute atomic E-state index is 0.122. The number of hydrogen-bond acceptors (Lipinski definition) is 6. The van der Waals surface area contributed by atoms with Crippen LogP contribution in [0.1, 0.15) is 25.3 Å². The zero-order chi connectivity index (χ0) is 19.3. The Labute approximate surface area is 151 Å². The second-order valence-corrected chi connectivity index (χ2v) is 9.61. The third kappa shape index (κ3) is 2.77. The Morgan fingerprint density at radius 1 is 1.35 bits per heavy atom. The molecule has 0 saturated carbocycles. The normalized spacial score (nSPS) is 27.9. The van der Waals surface area contributed by atoms with Gasteiger partial charge in [-0.25, -0.2) is 12.8 Å². The lowest BCUT2D eigenvalue weighted by atomic mass is 9.88. The molecule has 2 fully saturated rings. The largest absolute Gasteiger partial charge is 0.362 e. The molecular weight excluding hydrogens is 363 g/mol. The van der Waals surface area contributed by atoms with Crippen molar-refractivity contribution in [3.63, 3.8) is 0 Å². The molecule has 2 aliphatic heterocycles. The lowest BCUT2D eigenvalue weighted by molar-refractivity contribution is -0.385. The Morgan fingerprint density at radius 2 is 1.96 bits per heavy atom. The van der Waals surface area contributed by atoms with E-state index in [2.05, 4.69) is 5.32 Å². The van der Waals surface area contributed by atoms with E-state index in [-0.39, 0.29) is 17.1 Å². The molecule has 8 nitrogen and oxygen atoms in total. The predicted octanol–water partition coefficient (Wildman–Crippen LogP) is 1.41. The van der Waals surface area contributed by atoms with Crippen LogP contribution < -0.4 is 5.32 Å². The Balaban J connectivity index is 2.04. The van der Waals surface area contributed by atoms with Crippen molar-refractivity contribution < 1.29 is 17.7 Å². The van der Waals surface area contributed by atoms with E-state index in [0.717, 1.165) is 18.2 Å². The number of nitrogens with one attached hydrogen (secondary N) is 2. The Morgan fingerprint density at radius 3 is 2.50 bits per heavy atom. The molecule has 1 atom stereocenters. The van der Waals surface area contributed by atoms with Crippen molar-refractivity contribution in [3.8, 4) is 0 Å². The lowest BCUT2D eigenvalue weighted by Crippen LogP contribution is -2.68. The molecular formula is C16H21FN4O4S. The van der Waals surface area contributed by atoms with E-state index in [4.69, 9.17) is 5.41 Å². The number of nitro benzene ring substituents is 1. The van der Waals surface area contributed by atoms with E-state index < -0.39 is 36.6 Å². The summed E-state index contributed by atoms with van der Waals surface area (Å²) in [5, 5.41) is 22.3. The highest BCUT2D eigenvalue weighted by Crippen LogP contribution is 2.41. The smallest absolute Gasteiger partial charge is 0.269 e. The van der Waals surface area contributed by atoms with Crippen molar-refractivity contribution in [2.24, 2.45) is 0 Å². The van der Waals surface area contributed by atoms with Gasteiger partial charge >= 0.3 is 0 Å². The molecule has 2 N–H and O–H groups in total. The van der Waals surface area contributed by atoms with Crippen LogP contribution in [0, 0.1) is 21.3 Å². The van der Waals surface area contributed by atoms with Gasteiger partial charge in [0.25, 0.3) is 5.69 Å². The summed E-state index contributed by atoms with van der Waals surface area (Å²) in [6, 6.07) is 3.03. The van der Waals surface area contributed by atoms with Gasteiger partial charge in [-0.3, -0.25) is 15.5 Å². The quantitative estimate of drug-likeness (QED) is 0.588. The first-order valence-corrected chi connectivity index (χ1v) is 9.88. The number of hydrogen-bond donors (Lipinski definition) is 2. The topological polar surface area (TPSA) is 116 Å². The molecule has 0 radical (unpaired) electrons. The number of halogens is 1. The summed E-state index contributed by atoms with van der Waals surface area (Å²) in [5.74, 6) is -1.33. The third-order valence-electron chi connectivity index (χ3n) is 5.48. The van der Waals surface area contributed by atoms with Gasteiger partial charge < -0.3 is 10.2 Å². The number of nitrogens with zero attached hydrogens (tertiary/aromatic N) is 2. The Hall–Kier alpha value is -2.07. The first kappa shape index (κ1) is 18.7. The minimum Gasteiger partial charge on any atom is -0.362 e. The first-order valence-electron chi connectivity index (χ1n) is 8.23. The van der Waals surface area contributed by atoms with Crippen molar-refractivity contribution in [1.29, 1.82) is 5.41 Å². The fourth-order valence-electron chi connectivity index (χ4n) is 3.84. The lowest BCUT2D eigenvalue weighted by Gasteiger charge is -2.48. The van der Waals surface area contributed by atoms with Gasteiger partial charge in [-0.15, -0.1) is 0 Å². The molecule has 0 unspecified atom stereocenters. The number of rotatable bonds is 2. The van der Waals surface area contributed by atoms with Crippen LogP contribution in [0.4, 0.5) is 10.1 Å². The van der Waals surface area contributed by atoms with E-state index in [0.29, 0.717) is 25.9 Å². The van der Waals surface area contributed by atoms with Crippen LogP contribution in [0.3, 0.4) is 0 Å². The van der Waals surface area contributed by atoms with E-state index in [1.165, 1.54) is 6.92 Å². The zero-order valence-electron chi connectivity index (χ0n) is 14.6. The molecule has 1 aromatic rings. The van der Waals surface area contributed by atoms with Gasteiger partial charge in [0.15, 0.2) is 9.84 Å². The Bertz CT molecular complexity index is 880. The predicted molar refractivity (Wildman–Crippen MR) is 94.5 cm³/mol. The van der Waals surface area contributed by atoms with Gasteiger partial charge in [0.2, 0.25) is 0 Å². The number of piperidine rings is 1. The molecule has 0 amide bonds. The first-order chi connectivity index (χ1) is 12.0. The monoisotopic (exact) mass is 384 g/mol. The van der Waals surface area contributed by atoms with E-state index in [1.807, 2.05) is 11.9 Å². The number of amidine groups is 1. The fourth-order valence-corrected chi connectivity index (χ4v) is 6.27. The highest BCUT2D eigenvalue weighted by molar-refractivity contribution is 7.93. The van der Waals surface area contributed by atoms with Crippen LogP contribution in [0.2, 0.25) is 0 Å². The van der Waals surface area contributed by atoms with Gasteiger partial charge in [0.1, 0.15) is 16.4 Å². The van der Waals surface area contributed by atoms with Crippen LogP contribution in [-0.4, -0.2) is 54.7 Å². The van der Waals surface area contributed by atoms with E-state index in [1.54, 1.807) is 0 Å². The van der Waals surface area contributed by atoms with Crippen molar-refractivity contribution in [2.45, 2.75) is 30.1 Å². The molecule has 26 heavy (non-hydrogen) atoms. The SMILES string of the molecule is CN1CCC2(CC1)C(=N)N[C@](C)(c1cc([N+](=O)[O-])ccc1F)CS2(=O)=O. The summed E-state index contributed by atoms with van der Waals surface area (Å²) in [6.45, 7) is 2.55. The van der Waals surface area contributed by atoms with E-state index >= 15 is 0 Å². The molecule has 142 valence electrons. The van der Waals surface area contributed by atoms with Gasteiger partial charge in [-0.1, -0.05) is 0 Å². The maximum Gasteiger partial charge on any atom is 0.269 e. The summed E-state index contributed by atoms with van der Waals surface area (Å²) in [7, 11) is -1.88. The van der Waals surface area contributed by atoms with Gasteiger partial charge in [-0.05, 0) is 46.0 Å². The average Bonchev–Trinajstić information content (AvgIpc) is 2.53. The van der Waals surface area contributed by atoms with Crippen LogP contribution in [0.5, 0.6) is 0 Å². The molecule has 1 spiro atoms. The number of non-ortho nitro benzene ring substituents is 1. The summed E-state index contributed by atoms with van der Waals surface area (Å²) < 4.78 is 39.4.